The minimum absolute atomic E-state index is 0. The van der Waals surface area contributed by atoms with E-state index in [2.05, 4.69) is 15.9 Å². The summed E-state index contributed by atoms with van der Waals surface area (Å²) in [7, 11) is 0. The van der Waals surface area contributed by atoms with Crippen molar-refractivity contribution in [2.24, 2.45) is 0 Å². The maximum atomic E-state index is 5.70. The summed E-state index contributed by atoms with van der Waals surface area (Å²) in [4.78, 5) is 0. The largest absolute Gasteiger partial charge is 0.316 e. The Balaban J connectivity index is 0.000000810. The molecule has 0 amide bonds. The minimum atomic E-state index is 0. The highest BCUT2D eigenvalue weighted by atomic mass is 79.9. The highest BCUT2D eigenvalue weighted by Crippen LogP contribution is 2.12. The predicted molar refractivity (Wildman–Crippen MR) is 52.6 cm³/mol. The molecule has 0 saturated heterocycles. The molecule has 0 fully saturated rings. The van der Waals surface area contributed by atoms with Crippen molar-refractivity contribution in [3.8, 4) is 0 Å². The molecule has 1 rings (SSSR count). The molecule has 0 nitrogen and oxygen atoms in total. The van der Waals surface area contributed by atoms with E-state index in [0.717, 1.165) is 10.4 Å². The van der Waals surface area contributed by atoms with Gasteiger partial charge < -0.3 is 0 Å². The fourth-order valence-electron chi connectivity index (χ4n) is 0.620. The van der Waals surface area contributed by atoms with Crippen molar-refractivity contribution >= 4 is 50.6 Å². The topological polar surface area (TPSA) is 0 Å². The normalized spacial score (nSPS) is 8.60. The van der Waals surface area contributed by atoms with E-state index in [1.54, 1.807) is 0 Å². The first-order valence-electron chi connectivity index (χ1n) is 2.63. The molecule has 0 heterocycles. The van der Waals surface area contributed by atoms with Crippen molar-refractivity contribution in [1.82, 2.24) is 0 Å². The molecule has 0 unspecified atom stereocenters. The van der Waals surface area contributed by atoms with Crippen LogP contribution in [0.15, 0.2) is 24.3 Å². The van der Waals surface area contributed by atoms with E-state index in [1.165, 1.54) is 5.56 Å². The quantitative estimate of drug-likeness (QED) is 0.514. The van der Waals surface area contributed by atoms with Crippen LogP contribution in [-0.4, -0.2) is 23.1 Å². The van der Waals surface area contributed by atoms with Crippen molar-refractivity contribution in [2.75, 3.05) is 0 Å². The maximum absolute atomic E-state index is 5.70. The second-order valence-electron chi connectivity index (χ2n) is 1.76. The van der Waals surface area contributed by atoms with Crippen molar-refractivity contribution < 1.29 is 0 Å². The summed E-state index contributed by atoms with van der Waals surface area (Å²) in [6, 6.07) is 7.78. The monoisotopic (exact) mass is 230 g/mol. The Labute approximate surface area is 90.2 Å². The van der Waals surface area contributed by atoms with Crippen LogP contribution >= 0.6 is 27.5 Å². The lowest BCUT2D eigenvalue weighted by Gasteiger charge is -1.92. The van der Waals surface area contributed by atoms with Gasteiger partial charge in [-0.2, -0.15) is 0 Å². The van der Waals surface area contributed by atoms with Gasteiger partial charge in [0.15, 0.2) is 0 Å². The van der Waals surface area contributed by atoms with Gasteiger partial charge in [-0.1, -0.05) is 39.7 Å². The highest BCUT2D eigenvalue weighted by molar-refractivity contribution is 9.08. The van der Waals surface area contributed by atoms with Crippen molar-refractivity contribution in [1.29, 1.82) is 0 Å². The Morgan fingerprint density at radius 2 is 2.10 bits per heavy atom. The molecule has 52 valence electrons. The number of benzene rings is 1. The van der Waals surface area contributed by atoms with Gasteiger partial charge >= 0.3 is 23.1 Å². The summed E-state index contributed by atoms with van der Waals surface area (Å²) in [5.41, 5.74) is 1.21. The lowest BCUT2D eigenvalue weighted by molar-refractivity contribution is 1.44. The lowest BCUT2D eigenvalue weighted by Crippen LogP contribution is -1.73. The average molecular weight is 232 g/mol. The molecule has 0 bridgehead atoms. The molecule has 0 aliphatic heterocycles. The summed E-state index contributed by atoms with van der Waals surface area (Å²) < 4.78 is 0. The van der Waals surface area contributed by atoms with Crippen molar-refractivity contribution in [3.05, 3.63) is 34.9 Å². The smallest absolute Gasteiger partial charge is 0.0876 e. The van der Waals surface area contributed by atoms with E-state index in [0.29, 0.717) is 0 Å². The van der Waals surface area contributed by atoms with E-state index in [-0.39, 0.29) is 23.1 Å². The highest BCUT2D eigenvalue weighted by Gasteiger charge is 1.88. The molecule has 0 aromatic heterocycles. The van der Waals surface area contributed by atoms with Crippen LogP contribution in [0.4, 0.5) is 0 Å². The lowest BCUT2D eigenvalue weighted by atomic mass is 10.2. The van der Waals surface area contributed by atoms with Crippen LogP contribution in [0.3, 0.4) is 0 Å². The molecule has 0 spiro atoms. The molecule has 0 aliphatic rings. The number of hydrogen-bond donors (Lipinski definition) is 0. The van der Waals surface area contributed by atoms with Gasteiger partial charge in [0, 0.05) is 10.4 Å². The van der Waals surface area contributed by atoms with Crippen LogP contribution in [0.2, 0.25) is 5.02 Å². The second kappa shape index (κ2) is 5.41. The Morgan fingerprint density at radius 1 is 1.40 bits per heavy atom. The first-order chi connectivity index (χ1) is 4.33. The zero-order chi connectivity index (χ0) is 6.69. The Bertz CT molecular complexity index is 203. The van der Waals surface area contributed by atoms with Crippen LogP contribution in [0, 0.1) is 0 Å². The van der Waals surface area contributed by atoms with Crippen LogP contribution < -0.4 is 0 Å². The van der Waals surface area contributed by atoms with Gasteiger partial charge in [-0.25, -0.2) is 0 Å². The summed E-state index contributed by atoms with van der Waals surface area (Å²) in [5, 5.41) is 1.67. The summed E-state index contributed by atoms with van der Waals surface area (Å²) in [6.45, 7) is 0. The van der Waals surface area contributed by atoms with Crippen LogP contribution in [-0.2, 0) is 5.33 Å². The van der Waals surface area contributed by atoms with E-state index < -0.39 is 0 Å². The van der Waals surface area contributed by atoms with Gasteiger partial charge in [0.05, 0.1) is 0 Å². The van der Waals surface area contributed by atoms with E-state index in [4.69, 9.17) is 11.6 Å². The summed E-state index contributed by atoms with van der Waals surface area (Å²) >= 11 is 9.04. The molecule has 0 N–H and O–H groups in total. The third-order valence-electron chi connectivity index (χ3n) is 1.04. The zero-order valence-electron chi connectivity index (χ0n) is 4.77. The van der Waals surface area contributed by atoms with Gasteiger partial charge in [-0.05, 0) is 17.7 Å². The van der Waals surface area contributed by atoms with Gasteiger partial charge in [-0.3, -0.25) is 0 Å². The molecule has 0 aliphatic carbocycles. The Kier molecular flexibility index (Phi) is 5.82. The molecule has 10 heavy (non-hydrogen) atoms. The van der Waals surface area contributed by atoms with Gasteiger partial charge in [-0.15, -0.1) is 0 Å². The SMILES string of the molecule is Clc1cccc(CBr)c1.[MgH2]. The van der Waals surface area contributed by atoms with Crippen molar-refractivity contribution in [3.63, 3.8) is 0 Å². The van der Waals surface area contributed by atoms with E-state index in [1.807, 2.05) is 24.3 Å². The first kappa shape index (κ1) is 10.8. The number of hydrogen-bond acceptors (Lipinski definition) is 0. The molecule has 0 saturated carbocycles. The molecule has 0 atom stereocenters. The van der Waals surface area contributed by atoms with Crippen LogP contribution in [0.1, 0.15) is 5.56 Å². The molecule has 1 aromatic carbocycles. The first-order valence-corrected chi connectivity index (χ1v) is 4.13. The number of alkyl halides is 1. The molecule has 3 heteroatoms. The molecule has 0 radical (unpaired) electrons. The van der Waals surface area contributed by atoms with Gasteiger partial charge in [0.25, 0.3) is 0 Å². The van der Waals surface area contributed by atoms with Crippen molar-refractivity contribution in [2.45, 2.75) is 5.33 Å². The Hall–Kier alpha value is 0.756. The predicted octanol–water partition coefficient (Wildman–Crippen LogP) is 2.32. The maximum Gasteiger partial charge on any atom is 0.316 e. The van der Waals surface area contributed by atoms with E-state index >= 15 is 0 Å². The van der Waals surface area contributed by atoms with Crippen LogP contribution in [0.5, 0.6) is 0 Å². The fraction of sp³-hybridized carbons (Fsp3) is 0.143. The standard InChI is InChI=1S/C7H6BrCl.Mg.2H/c8-5-6-2-1-3-7(9)4-6;;;/h1-4H,5H2;;;. The van der Waals surface area contributed by atoms with Gasteiger partial charge in [0.2, 0.25) is 0 Å². The van der Waals surface area contributed by atoms with E-state index in [9.17, 15) is 0 Å². The summed E-state index contributed by atoms with van der Waals surface area (Å²) in [5.74, 6) is 0. The molecular weight excluding hydrogens is 224 g/mol. The fourth-order valence-corrected chi connectivity index (χ4v) is 1.18. The minimum Gasteiger partial charge on any atom is -0.0876 e. The number of halogens is 2. The van der Waals surface area contributed by atoms with Gasteiger partial charge in [0.1, 0.15) is 0 Å². The second-order valence-corrected chi connectivity index (χ2v) is 2.76. The average Bonchev–Trinajstić information content (AvgIpc) is 1.88. The van der Waals surface area contributed by atoms with Crippen LogP contribution in [0.25, 0.3) is 0 Å². The molecule has 1 aromatic rings. The third-order valence-corrected chi connectivity index (χ3v) is 1.93. The zero-order valence-corrected chi connectivity index (χ0v) is 7.11. The third kappa shape index (κ3) is 3.24. The molecular formula is C7H8BrClMg. The number of rotatable bonds is 1. The Morgan fingerprint density at radius 3 is 2.50 bits per heavy atom. The summed E-state index contributed by atoms with van der Waals surface area (Å²) in [6.07, 6.45) is 0.